The largest absolute Gasteiger partial charge is 0.326 e. The van der Waals surface area contributed by atoms with E-state index >= 15 is 0 Å². The zero-order chi connectivity index (χ0) is 13.6. The Hall–Kier alpha value is -1.27. The number of sulfone groups is 1. The van der Waals surface area contributed by atoms with Crippen LogP contribution in [0.25, 0.3) is 11.0 Å². The van der Waals surface area contributed by atoms with Gasteiger partial charge in [-0.3, -0.25) is 4.57 Å². The second-order valence-corrected chi connectivity index (χ2v) is 7.58. The summed E-state index contributed by atoms with van der Waals surface area (Å²) in [5.41, 5.74) is 1.09. The van der Waals surface area contributed by atoms with Crippen molar-refractivity contribution in [3.8, 4) is 0 Å². The van der Waals surface area contributed by atoms with Gasteiger partial charge in [-0.05, 0) is 24.5 Å². The second-order valence-electron chi connectivity index (χ2n) is 4.94. The minimum Gasteiger partial charge on any atom is -0.304 e. The van der Waals surface area contributed by atoms with E-state index in [-0.39, 0.29) is 23.1 Å². The molecule has 102 valence electrons. The van der Waals surface area contributed by atoms with Crippen LogP contribution < -0.4 is 5.69 Å². The summed E-state index contributed by atoms with van der Waals surface area (Å²) in [6.45, 7) is 0.415. The average molecular weight is 301 g/mol. The van der Waals surface area contributed by atoms with Crippen molar-refractivity contribution >= 4 is 32.5 Å². The Bertz CT molecular complexity index is 791. The number of aromatic amines is 1. The summed E-state index contributed by atoms with van der Waals surface area (Å²) < 4.78 is 24.5. The lowest BCUT2D eigenvalue weighted by molar-refractivity contribution is 0.490. The van der Waals surface area contributed by atoms with E-state index in [2.05, 4.69) is 4.98 Å². The van der Waals surface area contributed by atoms with Gasteiger partial charge in [-0.25, -0.2) is 13.2 Å². The molecule has 1 atom stereocenters. The van der Waals surface area contributed by atoms with Crippen LogP contribution in [0.1, 0.15) is 6.42 Å². The van der Waals surface area contributed by atoms with Crippen molar-refractivity contribution in [3.05, 3.63) is 33.7 Å². The van der Waals surface area contributed by atoms with Crippen LogP contribution in [-0.4, -0.2) is 29.5 Å². The summed E-state index contributed by atoms with van der Waals surface area (Å²) in [6, 6.07) is 5.30. The highest BCUT2D eigenvalue weighted by Crippen LogP contribution is 2.24. The topological polar surface area (TPSA) is 71.9 Å². The number of imidazole rings is 1. The van der Waals surface area contributed by atoms with E-state index in [0.29, 0.717) is 23.5 Å². The summed E-state index contributed by atoms with van der Waals surface area (Å²) in [4.78, 5) is 14.7. The molecule has 0 bridgehead atoms. The van der Waals surface area contributed by atoms with Crippen LogP contribution in [0.3, 0.4) is 0 Å². The summed E-state index contributed by atoms with van der Waals surface area (Å²) in [6.07, 6.45) is 0.613. The minimum atomic E-state index is -2.92. The number of nitrogens with zero attached hydrogens (tertiary/aromatic N) is 1. The molecule has 0 saturated carbocycles. The Morgan fingerprint density at radius 1 is 1.42 bits per heavy atom. The van der Waals surface area contributed by atoms with Gasteiger partial charge >= 0.3 is 5.69 Å². The van der Waals surface area contributed by atoms with Gasteiger partial charge < -0.3 is 4.98 Å². The maximum atomic E-state index is 11.9. The predicted octanol–water partition coefficient (Wildman–Crippen LogP) is 1.42. The maximum absolute atomic E-state index is 11.9. The number of halogens is 1. The molecule has 1 aliphatic rings. The maximum Gasteiger partial charge on any atom is 0.326 e. The van der Waals surface area contributed by atoms with Gasteiger partial charge in [0, 0.05) is 6.54 Å². The molecule has 3 rings (SSSR count). The molecule has 0 aliphatic carbocycles. The van der Waals surface area contributed by atoms with Crippen LogP contribution in [0, 0.1) is 5.92 Å². The molecule has 0 amide bonds. The molecule has 2 heterocycles. The van der Waals surface area contributed by atoms with E-state index in [9.17, 15) is 13.2 Å². The van der Waals surface area contributed by atoms with Crippen molar-refractivity contribution in [1.82, 2.24) is 9.55 Å². The summed E-state index contributed by atoms with van der Waals surface area (Å²) in [5, 5.41) is 0.493. The monoisotopic (exact) mass is 300 g/mol. The Balaban J connectivity index is 2.00. The number of hydrogen-bond acceptors (Lipinski definition) is 3. The first-order valence-electron chi connectivity index (χ1n) is 6.04. The molecule has 7 heteroatoms. The number of nitrogens with one attached hydrogen (secondary N) is 1. The van der Waals surface area contributed by atoms with Gasteiger partial charge in [-0.1, -0.05) is 17.7 Å². The van der Waals surface area contributed by atoms with Gasteiger partial charge in [0.2, 0.25) is 0 Å². The molecule has 2 aromatic rings. The Morgan fingerprint density at radius 2 is 2.21 bits per heavy atom. The van der Waals surface area contributed by atoms with Gasteiger partial charge in [-0.2, -0.15) is 0 Å². The number of fused-ring (bicyclic) bond motifs is 1. The average Bonchev–Trinajstić information content (AvgIpc) is 2.83. The molecule has 1 saturated heterocycles. The highest BCUT2D eigenvalue weighted by molar-refractivity contribution is 7.91. The van der Waals surface area contributed by atoms with Crippen molar-refractivity contribution in [2.24, 2.45) is 5.92 Å². The molecule has 5 nitrogen and oxygen atoms in total. The molecule has 0 radical (unpaired) electrons. The lowest BCUT2D eigenvalue weighted by Crippen LogP contribution is -2.22. The molecule has 19 heavy (non-hydrogen) atoms. The smallest absolute Gasteiger partial charge is 0.304 e. The quantitative estimate of drug-likeness (QED) is 0.911. The van der Waals surface area contributed by atoms with Crippen LogP contribution in [0.4, 0.5) is 0 Å². The van der Waals surface area contributed by atoms with Gasteiger partial charge in [0.25, 0.3) is 0 Å². The van der Waals surface area contributed by atoms with Crippen LogP contribution in [0.5, 0.6) is 0 Å². The third-order valence-corrected chi connectivity index (χ3v) is 5.68. The van der Waals surface area contributed by atoms with Crippen molar-refractivity contribution in [3.63, 3.8) is 0 Å². The highest BCUT2D eigenvalue weighted by Gasteiger charge is 2.28. The van der Waals surface area contributed by atoms with Crippen LogP contribution in [0.2, 0.25) is 5.02 Å². The zero-order valence-electron chi connectivity index (χ0n) is 10.1. The molecule has 0 spiro atoms. The van der Waals surface area contributed by atoms with E-state index in [1.807, 2.05) is 6.07 Å². The minimum absolute atomic E-state index is 0.000631. The fourth-order valence-corrected chi connectivity index (χ4v) is 4.67. The highest BCUT2D eigenvalue weighted by atomic mass is 35.5. The van der Waals surface area contributed by atoms with Crippen LogP contribution >= 0.6 is 11.6 Å². The van der Waals surface area contributed by atoms with Crippen molar-refractivity contribution < 1.29 is 8.42 Å². The molecule has 1 N–H and O–H groups in total. The third-order valence-electron chi connectivity index (χ3n) is 3.53. The lowest BCUT2D eigenvalue weighted by atomic mass is 10.1. The molecule has 1 aromatic carbocycles. The first-order chi connectivity index (χ1) is 8.96. The standard InChI is InChI=1S/C12H13ClN2O3S/c13-9-2-1-3-10-11(9)14-12(16)15(10)6-8-4-5-19(17,18)7-8/h1-3,8H,4-7H2,(H,14,16). The summed E-state index contributed by atoms with van der Waals surface area (Å²) in [7, 11) is -2.92. The van der Waals surface area contributed by atoms with Crippen molar-refractivity contribution in [1.29, 1.82) is 0 Å². The SMILES string of the molecule is O=c1[nH]c2c(Cl)cccc2n1CC1CCS(=O)(=O)C1. The number of rotatable bonds is 2. The molecule has 1 unspecified atom stereocenters. The Morgan fingerprint density at radius 3 is 2.89 bits per heavy atom. The van der Waals surface area contributed by atoms with Crippen molar-refractivity contribution in [2.75, 3.05) is 11.5 Å². The number of para-hydroxylation sites is 1. The Labute approximate surface area is 115 Å². The van der Waals surface area contributed by atoms with Crippen molar-refractivity contribution in [2.45, 2.75) is 13.0 Å². The molecule has 1 aromatic heterocycles. The van der Waals surface area contributed by atoms with E-state index in [0.717, 1.165) is 5.52 Å². The number of benzene rings is 1. The predicted molar refractivity (Wildman–Crippen MR) is 74.3 cm³/mol. The zero-order valence-corrected chi connectivity index (χ0v) is 11.7. The van der Waals surface area contributed by atoms with Crippen LogP contribution in [0.15, 0.2) is 23.0 Å². The van der Waals surface area contributed by atoms with E-state index in [1.54, 1.807) is 16.7 Å². The number of hydrogen-bond donors (Lipinski definition) is 1. The van der Waals surface area contributed by atoms with Gasteiger partial charge in [-0.15, -0.1) is 0 Å². The number of aromatic nitrogens is 2. The summed E-state index contributed by atoms with van der Waals surface area (Å²) >= 11 is 6.02. The molecular weight excluding hydrogens is 288 g/mol. The third kappa shape index (κ3) is 2.30. The molecule has 1 aliphatic heterocycles. The fourth-order valence-electron chi connectivity index (χ4n) is 2.60. The normalized spacial score (nSPS) is 22.1. The van der Waals surface area contributed by atoms with E-state index < -0.39 is 9.84 Å². The van der Waals surface area contributed by atoms with Gasteiger partial charge in [0.1, 0.15) is 0 Å². The summed E-state index contributed by atoms with van der Waals surface area (Å²) in [5.74, 6) is 0.378. The fraction of sp³-hybridized carbons (Fsp3) is 0.417. The first kappa shape index (κ1) is 12.7. The van der Waals surface area contributed by atoms with Gasteiger partial charge in [0.05, 0.1) is 27.6 Å². The van der Waals surface area contributed by atoms with E-state index in [4.69, 9.17) is 11.6 Å². The molecular formula is C12H13ClN2O3S. The molecule has 1 fully saturated rings. The lowest BCUT2D eigenvalue weighted by Gasteiger charge is -2.08. The first-order valence-corrected chi connectivity index (χ1v) is 8.24. The van der Waals surface area contributed by atoms with Gasteiger partial charge in [0.15, 0.2) is 9.84 Å². The number of H-pyrrole nitrogens is 1. The van der Waals surface area contributed by atoms with E-state index in [1.165, 1.54) is 0 Å². The Kier molecular flexibility index (Phi) is 2.94. The van der Waals surface area contributed by atoms with Crippen LogP contribution in [-0.2, 0) is 16.4 Å². The second kappa shape index (κ2) is 4.38.